The van der Waals surface area contributed by atoms with Crippen LogP contribution in [0.4, 0.5) is 0 Å². The molecule has 0 fully saturated rings. The van der Waals surface area contributed by atoms with E-state index in [2.05, 4.69) is 43.5 Å². The van der Waals surface area contributed by atoms with Crippen molar-refractivity contribution in [1.82, 2.24) is 5.32 Å². The first-order valence-corrected chi connectivity index (χ1v) is 33.1. The summed E-state index contributed by atoms with van der Waals surface area (Å²) in [6, 6.07) is -0.797. The van der Waals surface area contributed by atoms with Gasteiger partial charge in [-0.25, -0.2) is 0 Å². The lowest BCUT2D eigenvalue weighted by Crippen LogP contribution is -2.46. The number of carbonyl (C=O) groups is 1. The van der Waals surface area contributed by atoms with Crippen LogP contribution in [0.3, 0.4) is 0 Å². The summed E-state index contributed by atoms with van der Waals surface area (Å²) in [5, 5.41) is 14.0. The Balaban J connectivity index is 3.83. The summed E-state index contributed by atoms with van der Waals surface area (Å²) in [6.07, 6.45) is 69.8. The molecule has 3 unspecified atom stereocenters. The number of unbranched alkanes of at least 4 members (excludes halogenated alkanes) is 42. The maximum absolute atomic E-state index is 13.0. The predicted octanol–water partition coefficient (Wildman–Crippen LogP) is 18.9. The monoisotopic (exact) mass is 1040 g/mol. The van der Waals surface area contributed by atoms with E-state index in [1.807, 2.05) is 21.1 Å². The number of hydrogen-bond donors (Lipinski definition) is 2. The van der Waals surface area contributed by atoms with Crippen molar-refractivity contribution in [2.45, 2.75) is 334 Å². The van der Waals surface area contributed by atoms with Crippen LogP contribution in [0.15, 0.2) is 24.3 Å². The minimum atomic E-state index is -4.57. The third-order valence-corrected chi connectivity index (χ3v) is 15.7. The van der Waals surface area contributed by atoms with Gasteiger partial charge in [-0.2, -0.15) is 0 Å². The first-order valence-electron chi connectivity index (χ1n) is 31.7. The summed E-state index contributed by atoms with van der Waals surface area (Å²) in [5.74, 6) is -0.161. The van der Waals surface area contributed by atoms with E-state index in [4.69, 9.17) is 9.05 Å². The summed E-state index contributed by atoms with van der Waals surface area (Å²) in [7, 11) is 1.32. The molecule has 0 aliphatic rings. The van der Waals surface area contributed by atoms with Gasteiger partial charge in [-0.1, -0.05) is 295 Å². The summed E-state index contributed by atoms with van der Waals surface area (Å²) in [5.41, 5.74) is 0. The fourth-order valence-corrected chi connectivity index (χ4v) is 10.4. The van der Waals surface area contributed by atoms with Crippen molar-refractivity contribution in [2.75, 3.05) is 40.9 Å². The molecule has 0 heterocycles. The average molecular weight is 1040 g/mol. The second-order valence-corrected chi connectivity index (χ2v) is 24.5. The number of amides is 1. The molecule has 3 atom stereocenters. The van der Waals surface area contributed by atoms with Gasteiger partial charge in [0.25, 0.3) is 7.82 Å². The van der Waals surface area contributed by atoms with Crippen molar-refractivity contribution in [3.63, 3.8) is 0 Å². The molecule has 0 rings (SSSR count). The van der Waals surface area contributed by atoms with Gasteiger partial charge in [0.15, 0.2) is 0 Å². The van der Waals surface area contributed by atoms with Crippen LogP contribution in [0.5, 0.6) is 0 Å². The molecule has 0 aromatic carbocycles. The number of quaternary nitrogens is 1. The zero-order valence-corrected chi connectivity index (χ0v) is 49.8. The number of carbonyl (C=O) groups excluding carboxylic acids is 1. The third-order valence-electron chi connectivity index (χ3n) is 14.7. The molecule has 0 saturated carbocycles. The minimum absolute atomic E-state index is 0.0140. The maximum Gasteiger partial charge on any atom is 0.268 e. The number of likely N-dealkylation sites (N-methyl/N-ethyl adjacent to an activating group) is 1. The van der Waals surface area contributed by atoms with E-state index in [0.717, 1.165) is 44.9 Å². The summed E-state index contributed by atoms with van der Waals surface area (Å²) in [6.45, 7) is 4.74. The van der Waals surface area contributed by atoms with Gasteiger partial charge in [-0.3, -0.25) is 9.36 Å². The van der Waals surface area contributed by atoms with Gasteiger partial charge < -0.3 is 28.8 Å². The lowest BCUT2D eigenvalue weighted by molar-refractivity contribution is -0.870. The van der Waals surface area contributed by atoms with E-state index in [1.54, 1.807) is 0 Å². The first kappa shape index (κ1) is 71.0. The first-order chi connectivity index (χ1) is 35.0. The normalized spacial score (nSPS) is 13.9. The highest BCUT2D eigenvalue weighted by Crippen LogP contribution is 2.38. The predicted molar refractivity (Wildman–Crippen MR) is 312 cm³/mol. The molecular weight excluding hydrogens is 912 g/mol. The molecule has 0 bridgehead atoms. The Labute approximate surface area is 449 Å². The molecule has 1 amide bonds. The van der Waals surface area contributed by atoms with Crippen LogP contribution in [-0.2, 0) is 18.4 Å². The molecule has 72 heavy (non-hydrogen) atoms. The summed E-state index contributed by atoms with van der Waals surface area (Å²) >= 11 is 0. The topological polar surface area (TPSA) is 108 Å². The highest BCUT2D eigenvalue weighted by molar-refractivity contribution is 7.45. The molecule has 9 heteroatoms. The Morgan fingerprint density at radius 3 is 1.15 bits per heavy atom. The fourth-order valence-electron chi connectivity index (χ4n) is 9.72. The van der Waals surface area contributed by atoms with Gasteiger partial charge in [0.2, 0.25) is 5.91 Å². The van der Waals surface area contributed by atoms with Crippen molar-refractivity contribution in [1.29, 1.82) is 0 Å². The van der Waals surface area contributed by atoms with Crippen molar-refractivity contribution in [3.8, 4) is 0 Å². The van der Waals surface area contributed by atoms with Gasteiger partial charge in [-0.15, -0.1) is 0 Å². The molecule has 0 aromatic rings. The Kier molecular flexibility index (Phi) is 54.0. The second kappa shape index (κ2) is 54.8. The largest absolute Gasteiger partial charge is 0.756 e. The van der Waals surface area contributed by atoms with Gasteiger partial charge in [-0.05, 0) is 44.9 Å². The van der Waals surface area contributed by atoms with Gasteiger partial charge in [0.1, 0.15) is 13.2 Å². The molecule has 0 aliphatic carbocycles. The molecule has 0 aliphatic heterocycles. The smallest absolute Gasteiger partial charge is 0.268 e. The Morgan fingerprint density at radius 2 is 0.806 bits per heavy atom. The van der Waals surface area contributed by atoms with Crippen molar-refractivity contribution in [3.05, 3.63) is 24.3 Å². The molecule has 0 aromatic heterocycles. The highest BCUT2D eigenvalue weighted by Gasteiger charge is 2.24. The Bertz CT molecular complexity index is 1220. The van der Waals surface area contributed by atoms with E-state index in [1.165, 1.54) is 250 Å². The SMILES string of the molecule is CCCCCCCCCCCCCCCCC/C=C\C/C=C\CCCCCCCCCCCCCCCCCCCC(=O)NC(COP(=O)([O-])OCC[N+](C)(C)C)C(O)CCCCCCCCCCCCC. The maximum atomic E-state index is 13.0. The number of nitrogens with zero attached hydrogens (tertiary/aromatic N) is 1. The number of phosphoric ester groups is 1. The average Bonchev–Trinajstić information content (AvgIpc) is 3.34. The van der Waals surface area contributed by atoms with E-state index in [9.17, 15) is 19.4 Å². The van der Waals surface area contributed by atoms with Crippen molar-refractivity contribution < 1.29 is 32.9 Å². The number of aliphatic hydroxyl groups is 1. The van der Waals surface area contributed by atoms with Gasteiger partial charge in [0, 0.05) is 6.42 Å². The zero-order chi connectivity index (χ0) is 52.7. The summed E-state index contributed by atoms with van der Waals surface area (Å²) in [4.78, 5) is 25.5. The second-order valence-electron chi connectivity index (χ2n) is 23.1. The number of rotatable bonds is 59. The van der Waals surface area contributed by atoms with Crippen LogP contribution >= 0.6 is 7.82 Å². The number of nitrogens with one attached hydrogen (secondary N) is 1. The van der Waals surface area contributed by atoms with E-state index in [-0.39, 0.29) is 19.1 Å². The third kappa shape index (κ3) is 56.7. The van der Waals surface area contributed by atoms with Crippen LogP contribution in [0, 0.1) is 0 Å². The minimum Gasteiger partial charge on any atom is -0.756 e. The zero-order valence-electron chi connectivity index (χ0n) is 48.9. The number of allylic oxidation sites excluding steroid dienone is 4. The van der Waals surface area contributed by atoms with Crippen LogP contribution in [0.2, 0.25) is 0 Å². The quantitative estimate of drug-likeness (QED) is 0.0272. The number of aliphatic hydroxyl groups excluding tert-OH is 1. The molecule has 8 nitrogen and oxygen atoms in total. The lowest BCUT2D eigenvalue weighted by atomic mass is 10.0. The van der Waals surface area contributed by atoms with Gasteiger partial charge in [0.05, 0.1) is 39.9 Å². The Hall–Kier alpha value is -1.02. The molecular formula is C63H125N2O6P. The summed E-state index contributed by atoms with van der Waals surface area (Å²) < 4.78 is 23.4. The van der Waals surface area contributed by atoms with E-state index in [0.29, 0.717) is 23.9 Å². The van der Waals surface area contributed by atoms with E-state index >= 15 is 0 Å². The van der Waals surface area contributed by atoms with Crippen molar-refractivity contribution in [2.24, 2.45) is 0 Å². The van der Waals surface area contributed by atoms with Crippen LogP contribution in [0.25, 0.3) is 0 Å². The standard InChI is InChI=1S/C63H125N2O6P/c1-6-8-10-12-14-16-18-19-20-21-22-23-24-25-26-27-28-29-30-31-32-33-34-35-36-37-38-39-40-41-42-43-44-45-47-49-51-53-55-57-63(67)64-61(60-71-72(68,69)70-59-58-65(3,4)5)62(66)56-54-52-50-48-46-17-15-13-11-9-7-2/h28-29,31-32,61-62,66H,6-27,30,33-60H2,1-5H3,(H-,64,67,68,69)/b29-28-,32-31-. The number of hydrogen-bond acceptors (Lipinski definition) is 6. The van der Waals surface area contributed by atoms with Crippen LogP contribution in [0.1, 0.15) is 322 Å². The molecule has 0 radical (unpaired) electrons. The molecule has 0 spiro atoms. The van der Waals surface area contributed by atoms with Crippen molar-refractivity contribution >= 4 is 13.7 Å². The van der Waals surface area contributed by atoms with E-state index < -0.39 is 20.0 Å². The molecule has 428 valence electrons. The van der Waals surface area contributed by atoms with Crippen LogP contribution < -0.4 is 10.2 Å². The molecule has 0 saturated heterocycles. The van der Waals surface area contributed by atoms with Gasteiger partial charge >= 0.3 is 0 Å². The molecule has 2 N–H and O–H groups in total. The highest BCUT2D eigenvalue weighted by atomic mass is 31.2. The number of phosphoric acid groups is 1. The Morgan fingerprint density at radius 1 is 0.486 bits per heavy atom. The fraction of sp³-hybridized carbons (Fsp3) is 0.921. The lowest BCUT2D eigenvalue weighted by Gasteiger charge is -2.30. The van der Waals surface area contributed by atoms with Crippen LogP contribution in [-0.4, -0.2) is 68.5 Å².